The van der Waals surface area contributed by atoms with Crippen LogP contribution in [0.1, 0.15) is 24.1 Å². The highest BCUT2D eigenvalue weighted by molar-refractivity contribution is 9.10. The number of benzene rings is 2. The summed E-state index contributed by atoms with van der Waals surface area (Å²) in [6.45, 7) is 2.86. The van der Waals surface area contributed by atoms with Crippen molar-refractivity contribution in [1.29, 1.82) is 5.26 Å². The minimum absolute atomic E-state index is 0.0584. The van der Waals surface area contributed by atoms with Gasteiger partial charge in [-0.25, -0.2) is 0 Å². The summed E-state index contributed by atoms with van der Waals surface area (Å²) in [7, 11) is 0. The van der Waals surface area contributed by atoms with Crippen LogP contribution in [-0.2, 0) is 6.54 Å². The number of hydrogen-bond acceptors (Lipinski definition) is 3. The molecule has 4 heteroatoms. The Morgan fingerprint density at radius 3 is 2.71 bits per heavy atom. The van der Waals surface area contributed by atoms with Crippen molar-refractivity contribution < 1.29 is 4.74 Å². The van der Waals surface area contributed by atoms with Crippen LogP contribution in [0.4, 0.5) is 0 Å². The van der Waals surface area contributed by atoms with E-state index in [4.69, 9.17) is 10.00 Å². The van der Waals surface area contributed by atoms with Crippen molar-refractivity contribution in [2.45, 2.75) is 19.5 Å². The van der Waals surface area contributed by atoms with Crippen LogP contribution in [0.15, 0.2) is 53.0 Å². The average molecular weight is 345 g/mol. The molecule has 3 nitrogen and oxygen atoms in total. The minimum atomic E-state index is 0.0584. The summed E-state index contributed by atoms with van der Waals surface area (Å²) in [6.07, 6.45) is 0. The highest BCUT2D eigenvalue weighted by Gasteiger charge is 2.08. The Balaban J connectivity index is 2.05. The summed E-state index contributed by atoms with van der Waals surface area (Å²) in [6, 6.07) is 18.3. The molecule has 0 amide bonds. The van der Waals surface area contributed by atoms with Gasteiger partial charge in [0, 0.05) is 22.6 Å². The highest BCUT2D eigenvalue weighted by Crippen LogP contribution is 2.24. The van der Waals surface area contributed by atoms with E-state index in [1.54, 1.807) is 0 Å². The molecule has 2 aromatic rings. The average Bonchev–Trinajstić information content (AvgIpc) is 2.52. The molecule has 0 aliphatic carbocycles. The molecule has 2 rings (SSSR count). The van der Waals surface area contributed by atoms with Gasteiger partial charge in [-0.15, -0.1) is 0 Å². The molecule has 0 bridgehead atoms. The van der Waals surface area contributed by atoms with Gasteiger partial charge in [0.1, 0.15) is 11.8 Å². The Hall–Kier alpha value is -1.83. The van der Waals surface area contributed by atoms with E-state index in [-0.39, 0.29) is 12.6 Å². The number of nitrogens with zero attached hydrogens (tertiary/aromatic N) is 1. The van der Waals surface area contributed by atoms with Crippen molar-refractivity contribution in [2.24, 2.45) is 0 Å². The van der Waals surface area contributed by atoms with Crippen molar-refractivity contribution in [2.75, 3.05) is 6.61 Å². The maximum atomic E-state index is 8.64. The fourth-order valence-electron chi connectivity index (χ4n) is 2.06. The summed E-state index contributed by atoms with van der Waals surface area (Å²) >= 11 is 3.47. The molecule has 0 unspecified atom stereocenters. The molecule has 0 saturated heterocycles. The lowest BCUT2D eigenvalue weighted by atomic mass is 10.1. The quantitative estimate of drug-likeness (QED) is 0.853. The Labute approximate surface area is 133 Å². The topological polar surface area (TPSA) is 45.0 Å². The molecule has 1 N–H and O–H groups in total. The Kier molecular flexibility index (Phi) is 5.79. The van der Waals surface area contributed by atoms with E-state index in [0.717, 1.165) is 15.8 Å². The van der Waals surface area contributed by atoms with Crippen molar-refractivity contribution in [3.05, 3.63) is 64.1 Å². The normalized spacial score (nSPS) is 11.7. The molecular weight excluding hydrogens is 328 g/mol. The van der Waals surface area contributed by atoms with Gasteiger partial charge in [-0.05, 0) is 30.7 Å². The van der Waals surface area contributed by atoms with Crippen molar-refractivity contribution in [3.63, 3.8) is 0 Å². The lowest BCUT2D eigenvalue weighted by molar-refractivity contribution is 0.361. The molecule has 1 atom stereocenters. The first kappa shape index (κ1) is 15.6. The maximum Gasteiger partial charge on any atom is 0.174 e. The number of nitrogens with one attached hydrogen (secondary N) is 1. The monoisotopic (exact) mass is 344 g/mol. The second-order valence-corrected chi connectivity index (χ2v) is 5.63. The third kappa shape index (κ3) is 4.59. The maximum absolute atomic E-state index is 8.64. The zero-order chi connectivity index (χ0) is 15.1. The van der Waals surface area contributed by atoms with Gasteiger partial charge in [-0.1, -0.05) is 46.3 Å². The molecule has 0 aliphatic heterocycles. The minimum Gasteiger partial charge on any atom is -0.478 e. The molecule has 21 heavy (non-hydrogen) atoms. The number of nitriles is 1. The molecule has 0 spiro atoms. The van der Waals surface area contributed by atoms with Crippen LogP contribution >= 0.6 is 15.9 Å². The van der Waals surface area contributed by atoms with E-state index in [9.17, 15) is 0 Å². The molecule has 0 radical (unpaired) electrons. The first-order chi connectivity index (χ1) is 10.2. The lowest BCUT2D eigenvalue weighted by Crippen LogP contribution is -2.18. The third-order valence-electron chi connectivity index (χ3n) is 3.21. The van der Waals surface area contributed by atoms with Crippen LogP contribution in [0, 0.1) is 11.3 Å². The van der Waals surface area contributed by atoms with E-state index >= 15 is 0 Å². The van der Waals surface area contributed by atoms with Crippen molar-refractivity contribution in [1.82, 2.24) is 5.32 Å². The van der Waals surface area contributed by atoms with Crippen LogP contribution in [-0.4, -0.2) is 6.61 Å². The fraction of sp³-hybridized carbons (Fsp3) is 0.235. The molecule has 0 fully saturated rings. The van der Waals surface area contributed by atoms with E-state index in [1.165, 1.54) is 5.56 Å². The second kappa shape index (κ2) is 7.82. The Bertz CT molecular complexity index is 622. The molecule has 108 valence electrons. The van der Waals surface area contributed by atoms with Gasteiger partial charge < -0.3 is 10.1 Å². The molecule has 0 aliphatic rings. The lowest BCUT2D eigenvalue weighted by Gasteiger charge is -2.16. The molecule has 0 saturated carbocycles. The van der Waals surface area contributed by atoms with Gasteiger partial charge in [0.2, 0.25) is 0 Å². The predicted octanol–water partition coefficient (Wildman–Crippen LogP) is 4.20. The summed E-state index contributed by atoms with van der Waals surface area (Å²) < 4.78 is 6.45. The summed E-state index contributed by atoms with van der Waals surface area (Å²) in [5, 5.41) is 12.1. The highest BCUT2D eigenvalue weighted by atomic mass is 79.9. The largest absolute Gasteiger partial charge is 0.478 e. The SMILES string of the molecule is C[C@H](NCc1cc(Br)ccc1OCC#N)c1ccccc1. The van der Waals surface area contributed by atoms with E-state index in [0.29, 0.717) is 6.54 Å². The number of rotatable bonds is 6. The zero-order valence-electron chi connectivity index (χ0n) is 11.8. The second-order valence-electron chi connectivity index (χ2n) is 4.71. The third-order valence-corrected chi connectivity index (χ3v) is 3.71. The number of halogens is 1. The number of ether oxygens (including phenoxy) is 1. The van der Waals surface area contributed by atoms with Gasteiger partial charge in [0.25, 0.3) is 0 Å². The van der Waals surface area contributed by atoms with Gasteiger partial charge in [-0.2, -0.15) is 5.26 Å². The first-order valence-corrected chi connectivity index (χ1v) is 7.56. The van der Waals surface area contributed by atoms with Crippen molar-refractivity contribution >= 4 is 15.9 Å². The molecule has 2 aromatic carbocycles. The van der Waals surface area contributed by atoms with E-state index < -0.39 is 0 Å². The molecule has 0 aromatic heterocycles. The molecular formula is C17H17BrN2O. The van der Waals surface area contributed by atoms with Gasteiger partial charge >= 0.3 is 0 Å². The van der Waals surface area contributed by atoms with Gasteiger partial charge in [0.05, 0.1) is 0 Å². The molecule has 0 heterocycles. The summed E-state index contributed by atoms with van der Waals surface area (Å²) in [5.74, 6) is 0.743. The van der Waals surface area contributed by atoms with Crippen LogP contribution in [0.3, 0.4) is 0 Å². The standard InChI is InChI=1S/C17H17BrN2O/c1-13(14-5-3-2-4-6-14)20-12-15-11-16(18)7-8-17(15)21-10-9-19/h2-8,11,13,20H,10,12H2,1H3/t13-/m0/s1. The van der Waals surface area contributed by atoms with E-state index in [2.05, 4.69) is 40.3 Å². The first-order valence-electron chi connectivity index (χ1n) is 6.77. The van der Waals surface area contributed by atoms with Crippen LogP contribution in [0.5, 0.6) is 5.75 Å². The fourth-order valence-corrected chi connectivity index (χ4v) is 2.47. The van der Waals surface area contributed by atoms with Crippen molar-refractivity contribution in [3.8, 4) is 11.8 Å². The van der Waals surface area contributed by atoms with Gasteiger partial charge in [-0.3, -0.25) is 0 Å². The summed E-state index contributed by atoms with van der Waals surface area (Å²) in [5.41, 5.74) is 2.27. The van der Waals surface area contributed by atoms with Crippen LogP contribution in [0.2, 0.25) is 0 Å². The van der Waals surface area contributed by atoms with Gasteiger partial charge in [0.15, 0.2) is 6.61 Å². The predicted molar refractivity (Wildman–Crippen MR) is 86.9 cm³/mol. The van der Waals surface area contributed by atoms with E-state index in [1.807, 2.05) is 42.5 Å². The number of hydrogen-bond donors (Lipinski definition) is 1. The zero-order valence-corrected chi connectivity index (χ0v) is 13.4. The van der Waals surface area contributed by atoms with Crippen LogP contribution < -0.4 is 10.1 Å². The van der Waals surface area contributed by atoms with Crippen LogP contribution in [0.25, 0.3) is 0 Å². The Morgan fingerprint density at radius 1 is 1.24 bits per heavy atom. The Morgan fingerprint density at radius 2 is 2.00 bits per heavy atom. The smallest absolute Gasteiger partial charge is 0.174 e. The summed E-state index contributed by atoms with van der Waals surface area (Å²) in [4.78, 5) is 0.